The van der Waals surface area contributed by atoms with Gasteiger partial charge < -0.3 is 5.32 Å². The number of aryl methyl sites for hydroxylation is 1. The Morgan fingerprint density at radius 3 is 2.81 bits per heavy atom. The monoisotopic (exact) mass is 307 g/mol. The van der Waals surface area contributed by atoms with Crippen molar-refractivity contribution in [3.8, 4) is 0 Å². The van der Waals surface area contributed by atoms with Crippen LogP contribution in [0.5, 0.6) is 0 Å². The van der Waals surface area contributed by atoms with Crippen LogP contribution in [0.25, 0.3) is 0 Å². The van der Waals surface area contributed by atoms with E-state index in [1.54, 1.807) is 0 Å². The molecule has 21 heavy (non-hydrogen) atoms. The Morgan fingerprint density at radius 1 is 1.33 bits per heavy atom. The fourth-order valence-electron chi connectivity index (χ4n) is 2.12. The van der Waals surface area contributed by atoms with Crippen LogP contribution in [0, 0.1) is 0 Å². The number of hydrogen-bond donors (Lipinski definition) is 1. The van der Waals surface area contributed by atoms with Crippen LogP contribution in [0.1, 0.15) is 24.6 Å². The van der Waals surface area contributed by atoms with Crippen LogP contribution in [0.4, 0.5) is 5.82 Å². The molecule has 0 bridgehead atoms. The second-order valence-electron chi connectivity index (χ2n) is 5.25. The molecule has 0 unspecified atom stereocenters. The number of halogens is 1. The van der Waals surface area contributed by atoms with Crippen molar-refractivity contribution in [1.82, 2.24) is 19.7 Å². The van der Waals surface area contributed by atoms with Gasteiger partial charge in [0, 0.05) is 38.4 Å². The minimum atomic E-state index is 0.704. The van der Waals surface area contributed by atoms with Gasteiger partial charge in [0.2, 0.25) is 0 Å². The minimum Gasteiger partial charge on any atom is -0.370 e. The second kappa shape index (κ2) is 7.43. The molecule has 0 fully saturated rings. The highest BCUT2D eigenvalue weighted by atomic mass is 35.5. The second-order valence-corrected chi connectivity index (χ2v) is 5.65. The predicted molar refractivity (Wildman–Crippen MR) is 86.4 cm³/mol. The number of hydrogen-bond acceptors (Lipinski definition) is 4. The highest BCUT2D eigenvalue weighted by molar-refractivity contribution is 6.31. The zero-order chi connectivity index (χ0) is 15.2. The first-order valence-electron chi connectivity index (χ1n) is 7.14. The van der Waals surface area contributed by atoms with Crippen molar-refractivity contribution in [2.24, 2.45) is 7.05 Å². The summed E-state index contributed by atoms with van der Waals surface area (Å²) in [6.07, 6.45) is 4.97. The molecule has 0 aliphatic carbocycles. The van der Waals surface area contributed by atoms with Gasteiger partial charge in [-0.15, -0.1) is 0 Å². The lowest BCUT2D eigenvalue weighted by atomic mass is 10.3. The molecule has 0 aromatic carbocycles. The number of nitrogens with zero attached hydrogens (tertiary/aromatic N) is 4. The lowest BCUT2D eigenvalue weighted by Gasteiger charge is -2.16. The summed E-state index contributed by atoms with van der Waals surface area (Å²) in [6, 6.07) is 3.82. The standard InChI is InChI=1S/C15H22ClN5/c1-4-7-17-15-6-5-13(16)14(19-15)11-20(2)9-12-8-18-21(3)10-12/h5-6,8,10H,4,7,9,11H2,1-3H3,(H,17,19). The molecule has 0 saturated carbocycles. The van der Waals surface area contributed by atoms with Gasteiger partial charge in [0.25, 0.3) is 0 Å². The lowest BCUT2D eigenvalue weighted by molar-refractivity contribution is 0.315. The minimum absolute atomic E-state index is 0.704. The van der Waals surface area contributed by atoms with E-state index < -0.39 is 0 Å². The number of anilines is 1. The van der Waals surface area contributed by atoms with Gasteiger partial charge >= 0.3 is 0 Å². The number of pyridine rings is 1. The van der Waals surface area contributed by atoms with Gasteiger partial charge in [-0.1, -0.05) is 18.5 Å². The maximum atomic E-state index is 6.25. The fraction of sp³-hybridized carbons (Fsp3) is 0.467. The van der Waals surface area contributed by atoms with Crippen LogP contribution >= 0.6 is 11.6 Å². The zero-order valence-corrected chi connectivity index (χ0v) is 13.6. The molecule has 5 nitrogen and oxygen atoms in total. The van der Waals surface area contributed by atoms with Crippen LogP contribution in [0.3, 0.4) is 0 Å². The molecule has 0 atom stereocenters. The summed E-state index contributed by atoms with van der Waals surface area (Å²) in [4.78, 5) is 6.77. The van der Waals surface area contributed by atoms with E-state index in [0.717, 1.165) is 31.0 Å². The Hall–Kier alpha value is -1.59. The van der Waals surface area contributed by atoms with Gasteiger partial charge in [-0.2, -0.15) is 5.10 Å². The normalized spacial score (nSPS) is 11.1. The molecule has 1 N–H and O–H groups in total. The fourth-order valence-corrected chi connectivity index (χ4v) is 2.29. The van der Waals surface area contributed by atoms with Crippen LogP contribution in [-0.2, 0) is 20.1 Å². The number of nitrogens with one attached hydrogen (secondary N) is 1. The third kappa shape index (κ3) is 4.72. The van der Waals surface area contributed by atoms with Crippen molar-refractivity contribution in [2.45, 2.75) is 26.4 Å². The van der Waals surface area contributed by atoms with E-state index in [2.05, 4.69) is 34.3 Å². The molecule has 2 aromatic heterocycles. The summed E-state index contributed by atoms with van der Waals surface area (Å²) in [5.74, 6) is 0.881. The summed E-state index contributed by atoms with van der Waals surface area (Å²) in [5, 5.41) is 8.17. The van der Waals surface area contributed by atoms with Crippen molar-refractivity contribution >= 4 is 17.4 Å². The van der Waals surface area contributed by atoms with Gasteiger partial charge in [0.05, 0.1) is 16.9 Å². The zero-order valence-electron chi connectivity index (χ0n) is 12.8. The molecular weight excluding hydrogens is 286 g/mol. The Morgan fingerprint density at radius 2 is 2.14 bits per heavy atom. The maximum Gasteiger partial charge on any atom is 0.126 e. The highest BCUT2D eigenvalue weighted by Crippen LogP contribution is 2.18. The number of rotatable bonds is 7. The first kappa shape index (κ1) is 15.8. The average Bonchev–Trinajstić information content (AvgIpc) is 2.84. The van der Waals surface area contributed by atoms with Gasteiger partial charge in [0.15, 0.2) is 0 Å². The largest absolute Gasteiger partial charge is 0.370 e. The topological polar surface area (TPSA) is 46.0 Å². The van der Waals surface area contributed by atoms with E-state index in [1.807, 2.05) is 36.3 Å². The Bertz CT molecular complexity index is 581. The molecule has 6 heteroatoms. The van der Waals surface area contributed by atoms with Crippen molar-refractivity contribution in [3.05, 3.63) is 40.8 Å². The SMILES string of the molecule is CCCNc1ccc(Cl)c(CN(C)Cc2cnn(C)c2)n1. The number of aromatic nitrogens is 3. The third-order valence-electron chi connectivity index (χ3n) is 3.11. The quantitative estimate of drug-likeness (QED) is 0.854. The van der Waals surface area contributed by atoms with Crippen LogP contribution < -0.4 is 5.32 Å². The van der Waals surface area contributed by atoms with Gasteiger partial charge in [-0.25, -0.2) is 4.98 Å². The van der Waals surface area contributed by atoms with Gasteiger partial charge in [0.1, 0.15) is 5.82 Å². The van der Waals surface area contributed by atoms with Crippen LogP contribution in [0.2, 0.25) is 5.02 Å². The average molecular weight is 308 g/mol. The van der Waals surface area contributed by atoms with Crippen molar-refractivity contribution in [2.75, 3.05) is 18.9 Å². The lowest BCUT2D eigenvalue weighted by Crippen LogP contribution is -2.18. The third-order valence-corrected chi connectivity index (χ3v) is 3.45. The molecule has 0 amide bonds. The summed E-state index contributed by atoms with van der Waals surface area (Å²) in [6.45, 7) is 4.57. The highest BCUT2D eigenvalue weighted by Gasteiger charge is 2.09. The summed E-state index contributed by atoms with van der Waals surface area (Å²) in [7, 11) is 3.97. The molecule has 2 rings (SSSR count). The first-order valence-corrected chi connectivity index (χ1v) is 7.51. The Kier molecular flexibility index (Phi) is 5.59. The molecule has 0 aliphatic heterocycles. The molecule has 2 heterocycles. The smallest absolute Gasteiger partial charge is 0.126 e. The van der Waals surface area contributed by atoms with Crippen molar-refractivity contribution < 1.29 is 0 Å². The van der Waals surface area contributed by atoms with Crippen LogP contribution in [-0.4, -0.2) is 33.3 Å². The summed E-state index contributed by atoms with van der Waals surface area (Å²) < 4.78 is 1.81. The molecular formula is C15H22ClN5. The van der Waals surface area contributed by atoms with Gasteiger partial charge in [-0.05, 0) is 25.6 Å². The molecule has 0 saturated heterocycles. The van der Waals surface area contributed by atoms with E-state index in [1.165, 1.54) is 5.56 Å². The Balaban J connectivity index is 2.00. The molecule has 114 valence electrons. The summed E-state index contributed by atoms with van der Waals surface area (Å²) >= 11 is 6.25. The molecule has 0 radical (unpaired) electrons. The van der Waals surface area contributed by atoms with E-state index >= 15 is 0 Å². The van der Waals surface area contributed by atoms with E-state index in [4.69, 9.17) is 11.6 Å². The summed E-state index contributed by atoms with van der Waals surface area (Å²) in [5.41, 5.74) is 2.07. The predicted octanol–water partition coefficient (Wildman–Crippen LogP) is 2.92. The Labute approximate surface area is 130 Å². The molecule has 0 spiro atoms. The first-order chi connectivity index (χ1) is 10.1. The van der Waals surface area contributed by atoms with Crippen molar-refractivity contribution in [1.29, 1.82) is 0 Å². The van der Waals surface area contributed by atoms with E-state index in [0.29, 0.717) is 11.6 Å². The van der Waals surface area contributed by atoms with Crippen LogP contribution in [0.15, 0.2) is 24.5 Å². The molecule has 2 aromatic rings. The van der Waals surface area contributed by atoms with E-state index in [-0.39, 0.29) is 0 Å². The van der Waals surface area contributed by atoms with Gasteiger partial charge in [-0.3, -0.25) is 9.58 Å². The maximum absolute atomic E-state index is 6.25. The van der Waals surface area contributed by atoms with E-state index in [9.17, 15) is 0 Å². The molecule has 0 aliphatic rings. The van der Waals surface area contributed by atoms with Crippen molar-refractivity contribution in [3.63, 3.8) is 0 Å².